The summed E-state index contributed by atoms with van der Waals surface area (Å²) in [6.07, 6.45) is 2.72. The summed E-state index contributed by atoms with van der Waals surface area (Å²) >= 11 is 1.76. The number of hydrogen-bond acceptors (Lipinski definition) is 4. The average Bonchev–Trinajstić information content (AvgIpc) is 2.81. The number of nitrogens with one attached hydrogen (secondary N) is 1. The highest BCUT2D eigenvalue weighted by Gasteiger charge is 2.10. The number of aromatic nitrogens is 2. The summed E-state index contributed by atoms with van der Waals surface area (Å²) in [6, 6.07) is 8.37. The van der Waals surface area contributed by atoms with E-state index in [4.69, 9.17) is 0 Å². The minimum absolute atomic E-state index is 0.335. The second kappa shape index (κ2) is 4.89. The Labute approximate surface area is 93.2 Å². The molecule has 0 amide bonds. The molecule has 2 aromatic rings. The molecule has 0 aliphatic carbocycles. The minimum atomic E-state index is 0.335. The van der Waals surface area contributed by atoms with Gasteiger partial charge in [0.1, 0.15) is 5.82 Å². The first kappa shape index (κ1) is 10.1. The van der Waals surface area contributed by atoms with Gasteiger partial charge < -0.3 is 5.32 Å². The van der Waals surface area contributed by atoms with E-state index in [0.29, 0.717) is 6.04 Å². The third kappa shape index (κ3) is 2.53. The van der Waals surface area contributed by atoms with Crippen molar-refractivity contribution in [3.05, 3.63) is 40.7 Å². The van der Waals surface area contributed by atoms with E-state index in [9.17, 15) is 0 Å². The molecule has 0 saturated heterocycles. The fraction of sp³-hybridized carbons (Fsp3) is 0.273. The second-order valence-electron chi connectivity index (χ2n) is 3.23. The fourth-order valence-electron chi connectivity index (χ4n) is 1.42. The molecule has 1 unspecified atom stereocenters. The van der Waals surface area contributed by atoms with E-state index in [-0.39, 0.29) is 0 Å². The molecular weight excluding hydrogens is 206 g/mol. The first-order chi connectivity index (χ1) is 7.40. The van der Waals surface area contributed by atoms with Crippen molar-refractivity contribution >= 4 is 17.2 Å². The molecule has 4 heteroatoms. The van der Waals surface area contributed by atoms with Crippen LogP contribution in [0.4, 0.5) is 5.82 Å². The quantitative estimate of drug-likeness (QED) is 0.858. The molecule has 78 valence electrons. The highest BCUT2D eigenvalue weighted by Crippen LogP contribution is 2.24. The summed E-state index contributed by atoms with van der Waals surface area (Å²) in [6.45, 7) is 2.16. The van der Waals surface area contributed by atoms with Crippen LogP contribution in [0.15, 0.2) is 35.8 Å². The molecule has 2 heterocycles. The van der Waals surface area contributed by atoms with Crippen molar-refractivity contribution in [2.75, 3.05) is 5.32 Å². The van der Waals surface area contributed by atoms with Gasteiger partial charge in [0.2, 0.25) is 0 Å². The van der Waals surface area contributed by atoms with Gasteiger partial charge in [0.25, 0.3) is 0 Å². The molecule has 2 rings (SSSR count). The maximum Gasteiger partial charge on any atom is 0.149 e. The van der Waals surface area contributed by atoms with Crippen LogP contribution in [-0.2, 0) is 0 Å². The summed E-state index contributed by atoms with van der Waals surface area (Å²) < 4.78 is 0. The highest BCUT2D eigenvalue weighted by atomic mass is 32.1. The van der Waals surface area contributed by atoms with Gasteiger partial charge in [-0.25, -0.2) is 0 Å². The molecule has 3 nitrogen and oxygen atoms in total. The van der Waals surface area contributed by atoms with Gasteiger partial charge in [-0.1, -0.05) is 13.0 Å². The predicted molar refractivity (Wildman–Crippen MR) is 63.0 cm³/mol. The lowest BCUT2D eigenvalue weighted by Gasteiger charge is -2.15. The topological polar surface area (TPSA) is 37.8 Å². The van der Waals surface area contributed by atoms with Gasteiger partial charge >= 0.3 is 0 Å². The van der Waals surface area contributed by atoms with Crippen LogP contribution in [0.2, 0.25) is 0 Å². The van der Waals surface area contributed by atoms with Gasteiger partial charge in [0.15, 0.2) is 0 Å². The second-order valence-corrected chi connectivity index (χ2v) is 4.21. The van der Waals surface area contributed by atoms with Crippen LogP contribution in [0, 0.1) is 0 Å². The Morgan fingerprint density at radius 1 is 1.40 bits per heavy atom. The molecule has 0 radical (unpaired) electrons. The Hall–Kier alpha value is -1.42. The molecule has 2 aromatic heterocycles. The largest absolute Gasteiger partial charge is 0.361 e. The van der Waals surface area contributed by atoms with E-state index in [1.807, 2.05) is 12.1 Å². The highest BCUT2D eigenvalue weighted by molar-refractivity contribution is 7.10. The molecular formula is C11H13N3S. The normalized spacial score (nSPS) is 12.3. The van der Waals surface area contributed by atoms with E-state index in [1.54, 1.807) is 17.5 Å². The Kier molecular flexibility index (Phi) is 3.29. The van der Waals surface area contributed by atoms with Gasteiger partial charge in [-0.15, -0.1) is 16.4 Å². The average molecular weight is 219 g/mol. The third-order valence-electron chi connectivity index (χ3n) is 2.19. The fourth-order valence-corrected chi connectivity index (χ4v) is 2.28. The van der Waals surface area contributed by atoms with Gasteiger partial charge in [0, 0.05) is 11.1 Å². The number of hydrogen-bond donors (Lipinski definition) is 1. The lowest BCUT2D eigenvalue weighted by Crippen LogP contribution is -2.09. The Bertz CT molecular complexity index is 385. The van der Waals surface area contributed by atoms with Crippen LogP contribution in [0.3, 0.4) is 0 Å². The van der Waals surface area contributed by atoms with Crippen molar-refractivity contribution in [2.24, 2.45) is 0 Å². The van der Waals surface area contributed by atoms with Crippen LogP contribution in [0.25, 0.3) is 0 Å². The summed E-state index contributed by atoms with van der Waals surface area (Å²) in [5.74, 6) is 0.831. The molecule has 0 aliphatic rings. The van der Waals surface area contributed by atoms with Crippen LogP contribution in [0.5, 0.6) is 0 Å². The zero-order valence-electron chi connectivity index (χ0n) is 8.55. The standard InChI is InChI=1S/C11H13N3S/c1-2-9(10-5-4-8-15-10)13-11-6-3-7-12-14-11/h3-9H,2H2,1H3,(H,13,14). The van der Waals surface area contributed by atoms with Crippen LogP contribution < -0.4 is 5.32 Å². The summed E-state index contributed by atoms with van der Waals surface area (Å²) in [5, 5.41) is 13.3. The van der Waals surface area contributed by atoms with E-state index < -0.39 is 0 Å². The summed E-state index contributed by atoms with van der Waals surface area (Å²) in [5.41, 5.74) is 0. The molecule has 0 aromatic carbocycles. The molecule has 1 N–H and O–H groups in total. The smallest absolute Gasteiger partial charge is 0.149 e. The first-order valence-electron chi connectivity index (χ1n) is 4.98. The number of anilines is 1. The van der Waals surface area contributed by atoms with Crippen LogP contribution >= 0.6 is 11.3 Å². The summed E-state index contributed by atoms with van der Waals surface area (Å²) in [7, 11) is 0. The van der Waals surface area contributed by atoms with E-state index in [0.717, 1.165) is 12.2 Å². The molecule has 1 atom stereocenters. The maximum atomic E-state index is 4.02. The zero-order chi connectivity index (χ0) is 10.5. The molecule has 0 spiro atoms. The van der Waals surface area contributed by atoms with Crippen molar-refractivity contribution < 1.29 is 0 Å². The maximum absolute atomic E-state index is 4.02. The molecule has 0 fully saturated rings. The monoisotopic (exact) mass is 219 g/mol. The first-order valence-corrected chi connectivity index (χ1v) is 5.85. The van der Waals surface area contributed by atoms with Gasteiger partial charge in [-0.05, 0) is 30.0 Å². The minimum Gasteiger partial charge on any atom is -0.361 e. The van der Waals surface area contributed by atoms with E-state index in [2.05, 4.69) is 40.0 Å². The SMILES string of the molecule is CCC(Nc1cccnn1)c1cccs1. The van der Waals surface area contributed by atoms with Crippen molar-refractivity contribution in [3.8, 4) is 0 Å². The molecule has 15 heavy (non-hydrogen) atoms. The summed E-state index contributed by atoms with van der Waals surface area (Å²) in [4.78, 5) is 1.34. The van der Waals surface area contributed by atoms with Crippen LogP contribution in [0.1, 0.15) is 24.3 Å². The zero-order valence-corrected chi connectivity index (χ0v) is 9.37. The lowest BCUT2D eigenvalue weighted by molar-refractivity contribution is 0.754. The Morgan fingerprint density at radius 3 is 2.93 bits per heavy atom. The lowest BCUT2D eigenvalue weighted by atomic mass is 10.2. The van der Waals surface area contributed by atoms with Crippen molar-refractivity contribution in [3.63, 3.8) is 0 Å². The van der Waals surface area contributed by atoms with E-state index >= 15 is 0 Å². The molecule has 0 saturated carbocycles. The van der Waals surface area contributed by atoms with Crippen molar-refractivity contribution in [2.45, 2.75) is 19.4 Å². The van der Waals surface area contributed by atoms with Gasteiger partial charge in [0.05, 0.1) is 6.04 Å². The molecule has 0 aliphatic heterocycles. The molecule has 0 bridgehead atoms. The van der Waals surface area contributed by atoms with Crippen molar-refractivity contribution in [1.82, 2.24) is 10.2 Å². The van der Waals surface area contributed by atoms with Gasteiger partial charge in [-0.2, -0.15) is 5.10 Å². The number of thiophene rings is 1. The van der Waals surface area contributed by atoms with Gasteiger partial charge in [-0.3, -0.25) is 0 Å². The van der Waals surface area contributed by atoms with E-state index in [1.165, 1.54) is 4.88 Å². The number of rotatable bonds is 4. The predicted octanol–water partition coefficient (Wildman–Crippen LogP) is 3.10. The Morgan fingerprint density at radius 2 is 2.33 bits per heavy atom. The number of nitrogens with zero attached hydrogens (tertiary/aromatic N) is 2. The van der Waals surface area contributed by atoms with Crippen molar-refractivity contribution in [1.29, 1.82) is 0 Å². The Balaban J connectivity index is 2.10. The third-order valence-corrected chi connectivity index (χ3v) is 3.18. The van der Waals surface area contributed by atoms with Crippen LogP contribution in [-0.4, -0.2) is 10.2 Å².